The third-order valence-electron chi connectivity index (χ3n) is 1.94. The number of carbonyl (C=O) groups is 1. The molecule has 0 aliphatic carbocycles. The van der Waals surface area contributed by atoms with Crippen LogP contribution in [0.3, 0.4) is 0 Å². The summed E-state index contributed by atoms with van der Waals surface area (Å²) in [6, 6.07) is 1.47. The first kappa shape index (κ1) is 15.2. The second-order valence-electron chi connectivity index (χ2n) is 3.34. The van der Waals surface area contributed by atoms with Crippen LogP contribution in [0.15, 0.2) is 17.0 Å². The fourth-order valence-corrected chi connectivity index (χ4v) is 2.65. The molecule has 1 aromatic rings. The summed E-state index contributed by atoms with van der Waals surface area (Å²) in [7, 11) is 0.949. The minimum Gasteiger partial charge on any atom is -0.462 e. The maximum absolute atomic E-state index is 13.5. The van der Waals surface area contributed by atoms with Crippen molar-refractivity contribution in [1.82, 2.24) is 0 Å². The van der Waals surface area contributed by atoms with E-state index >= 15 is 0 Å². The van der Waals surface area contributed by atoms with Gasteiger partial charge in [-0.05, 0) is 18.6 Å². The Labute approximate surface area is 113 Å². The Morgan fingerprint density at radius 2 is 2.06 bits per heavy atom. The van der Waals surface area contributed by atoms with Crippen molar-refractivity contribution in [3.8, 4) is 0 Å². The van der Waals surface area contributed by atoms with Gasteiger partial charge in [0, 0.05) is 10.7 Å². The molecule has 0 fully saturated rings. The van der Waals surface area contributed by atoms with Crippen LogP contribution in [0.25, 0.3) is 0 Å². The minimum atomic E-state index is -4.16. The summed E-state index contributed by atoms with van der Waals surface area (Å²) in [6.45, 7) is 1.87. The van der Waals surface area contributed by atoms with Crippen LogP contribution in [0.2, 0.25) is 5.02 Å². The molecule has 0 N–H and O–H groups in total. The first-order chi connectivity index (χ1) is 8.27. The van der Waals surface area contributed by atoms with Crippen LogP contribution in [0.4, 0.5) is 4.39 Å². The Balaban J connectivity index is 3.26. The average Bonchev–Trinajstić information content (AvgIpc) is 2.24. The third-order valence-corrected chi connectivity index (χ3v) is 3.73. The average molecular weight is 315 g/mol. The Morgan fingerprint density at radius 3 is 2.56 bits per heavy atom. The van der Waals surface area contributed by atoms with Crippen LogP contribution < -0.4 is 0 Å². The lowest BCUT2D eigenvalue weighted by Crippen LogP contribution is -2.09. The minimum absolute atomic E-state index is 0.101. The molecule has 100 valence electrons. The zero-order valence-electron chi connectivity index (χ0n) is 9.24. The summed E-state index contributed by atoms with van der Waals surface area (Å²) in [5.41, 5.74) is -0.521. The molecule has 4 nitrogen and oxygen atoms in total. The Kier molecular flexibility index (Phi) is 4.95. The predicted molar refractivity (Wildman–Crippen MR) is 65.0 cm³/mol. The van der Waals surface area contributed by atoms with Crippen molar-refractivity contribution in [2.24, 2.45) is 0 Å². The predicted octanol–water partition coefficient (Wildman–Crippen LogP) is 2.97. The second kappa shape index (κ2) is 5.86. The number of hydrogen-bond acceptors (Lipinski definition) is 4. The van der Waals surface area contributed by atoms with Gasteiger partial charge in [-0.1, -0.05) is 18.5 Å². The monoisotopic (exact) mass is 314 g/mol. The molecular formula is C10H9Cl2FO4S. The van der Waals surface area contributed by atoms with Crippen LogP contribution >= 0.6 is 22.3 Å². The van der Waals surface area contributed by atoms with E-state index in [2.05, 4.69) is 0 Å². The van der Waals surface area contributed by atoms with E-state index in [4.69, 9.17) is 27.0 Å². The van der Waals surface area contributed by atoms with Crippen molar-refractivity contribution < 1.29 is 22.3 Å². The summed E-state index contributed by atoms with van der Waals surface area (Å²) in [6.07, 6.45) is 0.557. The van der Waals surface area contributed by atoms with Gasteiger partial charge in [0.15, 0.2) is 0 Å². The highest BCUT2D eigenvalue weighted by molar-refractivity contribution is 8.13. The van der Waals surface area contributed by atoms with Gasteiger partial charge >= 0.3 is 5.97 Å². The number of esters is 1. The van der Waals surface area contributed by atoms with Crippen LogP contribution in [0.5, 0.6) is 0 Å². The van der Waals surface area contributed by atoms with E-state index in [1.807, 2.05) is 0 Å². The number of hydrogen-bond donors (Lipinski definition) is 0. The van der Waals surface area contributed by atoms with Crippen molar-refractivity contribution in [2.45, 2.75) is 18.2 Å². The van der Waals surface area contributed by atoms with Crippen molar-refractivity contribution in [3.05, 3.63) is 28.5 Å². The van der Waals surface area contributed by atoms with Crippen molar-refractivity contribution in [3.63, 3.8) is 0 Å². The molecule has 8 heteroatoms. The fraction of sp³-hybridized carbons (Fsp3) is 0.300. The zero-order chi connectivity index (χ0) is 13.9. The molecule has 0 spiro atoms. The van der Waals surface area contributed by atoms with Crippen LogP contribution in [-0.2, 0) is 13.8 Å². The van der Waals surface area contributed by atoms with Crippen molar-refractivity contribution in [1.29, 1.82) is 0 Å². The molecule has 0 unspecified atom stereocenters. The lowest BCUT2D eigenvalue weighted by molar-refractivity contribution is 0.0499. The normalized spacial score (nSPS) is 11.3. The molecule has 0 bridgehead atoms. The topological polar surface area (TPSA) is 60.4 Å². The molecule has 0 saturated carbocycles. The van der Waals surface area contributed by atoms with Gasteiger partial charge in [-0.15, -0.1) is 0 Å². The molecule has 0 atom stereocenters. The quantitative estimate of drug-likeness (QED) is 0.633. The van der Waals surface area contributed by atoms with E-state index < -0.39 is 36.3 Å². The summed E-state index contributed by atoms with van der Waals surface area (Å²) in [4.78, 5) is 10.9. The maximum Gasteiger partial charge on any atom is 0.341 e. The highest BCUT2D eigenvalue weighted by Gasteiger charge is 2.22. The number of carbonyl (C=O) groups excluding carboxylic acids is 1. The molecule has 1 aromatic carbocycles. The van der Waals surface area contributed by atoms with Crippen LogP contribution in [0.1, 0.15) is 23.7 Å². The molecule has 0 heterocycles. The molecule has 0 aliphatic heterocycles. The smallest absolute Gasteiger partial charge is 0.341 e. The number of benzene rings is 1. The molecule has 0 amide bonds. The van der Waals surface area contributed by atoms with E-state index in [0.717, 1.165) is 6.07 Å². The summed E-state index contributed by atoms with van der Waals surface area (Å²) >= 11 is 5.54. The van der Waals surface area contributed by atoms with E-state index in [0.29, 0.717) is 12.5 Å². The first-order valence-corrected chi connectivity index (χ1v) is 7.57. The number of ether oxygens (including phenoxy) is 1. The summed E-state index contributed by atoms with van der Waals surface area (Å²) in [5.74, 6) is -1.93. The highest BCUT2D eigenvalue weighted by atomic mass is 35.7. The zero-order valence-corrected chi connectivity index (χ0v) is 11.6. The molecular weight excluding hydrogens is 306 g/mol. The molecule has 0 radical (unpaired) electrons. The van der Waals surface area contributed by atoms with E-state index in [9.17, 15) is 17.6 Å². The lowest BCUT2D eigenvalue weighted by atomic mass is 10.2. The van der Waals surface area contributed by atoms with Gasteiger partial charge in [-0.2, -0.15) is 0 Å². The second-order valence-corrected chi connectivity index (χ2v) is 6.28. The van der Waals surface area contributed by atoms with Gasteiger partial charge in [-0.25, -0.2) is 17.6 Å². The maximum atomic E-state index is 13.5. The van der Waals surface area contributed by atoms with Crippen molar-refractivity contribution >= 4 is 37.3 Å². The first-order valence-electron chi connectivity index (χ1n) is 4.88. The molecule has 18 heavy (non-hydrogen) atoms. The molecule has 0 aromatic heterocycles. The lowest BCUT2D eigenvalue weighted by Gasteiger charge is -2.07. The largest absolute Gasteiger partial charge is 0.462 e. The molecule has 0 aliphatic rings. The SMILES string of the molecule is CCCOC(=O)c1cc(S(=O)(=O)Cl)c(Cl)cc1F. The summed E-state index contributed by atoms with van der Waals surface area (Å²) < 4.78 is 40.5. The van der Waals surface area contributed by atoms with Gasteiger partial charge < -0.3 is 4.74 Å². The Bertz CT molecular complexity index is 571. The van der Waals surface area contributed by atoms with Gasteiger partial charge in [0.1, 0.15) is 10.7 Å². The van der Waals surface area contributed by atoms with E-state index in [-0.39, 0.29) is 6.61 Å². The van der Waals surface area contributed by atoms with Gasteiger partial charge in [0.2, 0.25) is 0 Å². The Morgan fingerprint density at radius 1 is 1.44 bits per heavy atom. The summed E-state index contributed by atoms with van der Waals surface area (Å²) in [5, 5.41) is -0.394. The standard InChI is InChI=1S/C10H9Cl2FO4S/c1-2-3-17-10(14)6-4-9(18(12,15)16)7(11)5-8(6)13/h4-5H,2-3H2,1H3. The van der Waals surface area contributed by atoms with Crippen molar-refractivity contribution in [2.75, 3.05) is 6.61 Å². The number of halogens is 3. The molecule has 0 saturated heterocycles. The van der Waals surface area contributed by atoms with Gasteiger partial charge in [0.25, 0.3) is 9.05 Å². The van der Waals surface area contributed by atoms with Gasteiger partial charge in [0.05, 0.1) is 17.2 Å². The highest BCUT2D eigenvalue weighted by Crippen LogP contribution is 2.28. The van der Waals surface area contributed by atoms with Crippen LogP contribution in [-0.4, -0.2) is 21.0 Å². The fourth-order valence-electron chi connectivity index (χ4n) is 1.14. The van der Waals surface area contributed by atoms with E-state index in [1.165, 1.54) is 0 Å². The van der Waals surface area contributed by atoms with Gasteiger partial charge in [-0.3, -0.25) is 0 Å². The van der Waals surface area contributed by atoms with Crippen LogP contribution in [0, 0.1) is 5.82 Å². The third kappa shape index (κ3) is 3.57. The van der Waals surface area contributed by atoms with E-state index in [1.54, 1.807) is 6.92 Å². The number of rotatable bonds is 4. The molecule has 1 rings (SSSR count). The Hall–Kier alpha value is -0.850.